The Morgan fingerprint density at radius 1 is 1.31 bits per heavy atom. The Labute approximate surface area is 101 Å². The minimum absolute atomic E-state index is 0.780. The van der Waals surface area contributed by atoms with Gasteiger partial charge in [0.25, 0.3) is 0 Å². The number of likely N-dealkylation sites (N-methyl/N-ethyl adjacent to an activating group) is 1. The molecule has 1 aliphatic heterocycles. The fraction of sp³-hybridized carbons (Fsp3) is 0.857. The van der Waals surface area contributed by atoms with Crippen LogP contribution in [0.15, 0.2) is 12.7 Å². The minimum Gasteiger partial charge on any atom is -0.315 e. The first-order chi connectivity index (χ1) is 7.84. The Morgan fingerprint density at radius 3 is 2.94 bits per heavy atom. The van der Waals surface area contributed by atoms with Gasteiger partial charge in [-0.05, 0) is 52.2 Å². The van der Waals surface area contributed by atoms with Crippen molar-refractivity contribution < 1.29 is 0 Å². The molecule has 0 spiro atoms. The maximum Gasteiger partial charge on any atom is 0.0217 e. The molecule has 94 valence electrons. The molecule has 0 aromatic heterocycles. The molecule has 0 aliphatic carbocycles. The lowest BCUT2D eigenvalue weighted by Crippen LogP contribution is -2.43. The van der Waals surface area contributed by atoms with Crippen molar-refractivity contribution in [2.24, 2.45) is 0 Å². The van der Waals surface area contributed by atoms with Crippen LogP contribution in [0, 0.1) is 0 Å². The van der Waals surface area contributed by atoms with Crippen LogP contribution in [-0.4, -0.2) is 37.6 Å². The Morgan fingerprint density at radius 2 is 2.19 bits per heavy atom. The molecule has 1 atom stereocenters. The smallest absolute Gasteiger partial charge is 0.0217 e. The largest absolute Gasteiger partial charge is 0.315 e. The van der Waals surface area contributed by atoms with Gasteiger partial charge in [-0.2, -0.15) is 0 Å². The number of hydrogen-bond donors (Lipinski definition) is 1. The van der Waals surface area contributed by atoms with Crippen molar-refractivity contribution in [1.82, 2.24) is 10.2 Å². The maximum atomic E-state index is 3.74. The number of nitrogens with zero attached hydrogens (tertiary/aromatic N) is 1. The van der Waals surface area contributed by atoms with E-state index in [9.17, 15) is 0 Å². The number of allylic oxidation sites excluding steroid dienone is 1. The lowest BCUT2D eigenvalue weighted by Gasteiger charge is -2.32. The Hall–Kier alpha value is -0.340. The Balaban J connectivity index is 1.91. The van der Waals surface area contributed by atoms with Crippen molar-refractivity contribution in [1.29, 1.82) is 0 Å². The highest BCUT2D eigenvalue weighted by atomic mass is 15.2. The number of likely N-dealkylation sites (tertiary alicyclic amines) is 1. The minimum atomic E-state index is 0.780. The molecule has 1 aliphatic rings. The zero-order valence-corrected chi connectivity index (χ0v) is 10.9. The van der Waals surface area contributed by atoms with E-state index in [4.69, 9.17) is 0 Å². The second-order valence-electron chi connectivity index (χ2n) is 4.97. The molecule has 1 N–H and O–H groups in total. The zero-order valence-electron chi connectivity index (χ0n) is 10.9. The predicted octanol–water partition coefficient (Wildman–Crippen LogP) is 2.81. The van der Waals surface area contributed by atoms with Crippen molar-refractivity contribution in [3.05, 3.63) is 12.7 Å². The summed E-state index contributed by atoms with van der Waals surface area (Å²) in [5, 5.41) is 3.59. The van der Waals surface area contributed by atoms with Crippen LogP contribution in [0.3, 0.4) is 0 Å². The second-order valence-corrected chi connectivity index (χ2v) is 4.97. The summed E-state index contributed by atoms with van der Waals surface area (Å²) >= 11 is 0. The van der Waals surface area contributed by atoms with Crippen molar-refractivity contribution in [2.75, 3.05) is 26.7 Å². The van der Waals surface area contributed by atoms with E-state index in [0.29, 0.717) is 0 Å². The van der Waals surface area contributed by atoms with Gasteiger partial charge in [0, 0.05) is 12.6 Å². The van der Waals surface area contributed by atoms with E-state index >= 15 is 0 Å². The lowest BCUT2D eigenvalue weighted by atomic mass is 10.0. The molecule has 2 nitrogen and oxygen atoms in total. The average Bonchev–Trinajstić information content (AvgIpc) is 2.30. The van der Waals surface area contributed by atoms with Crippen LogP contribution in [-0.2, 0) is 0 Å². The highest BCUT2D eigenvalue weighted by Gasteiger charge is 2.17. The summed E-state index contributed by atoms with van der Waals surface area (Å²) in [5.41, 5.74) is 0. The first kappa shape index (κ1) is 13.7. The molecule has 1 rings (SSSR count). The summed E-state index contributed by atoms with van der Waals surface area (Å²) in [6.07, 6.45) is 11.3. The summed E-state index contributed by atoms with van der Waals surface area (Å²) < 4.78 is 0. The quantitative estimate of drug-likeness (QED) is 0.504. The molecule has 0 aromatic rings. The van der Waals surface area contributed by atoms with Crippen LogP contribution in [0.1, 0.15) is 44.9 Å². The van der Waals surface area contributed by atoms with Crippen molar-refractivity contribution in [3.63, 3.8) is 0 Å². The first-order valence-electron chi connectivity index (χ1n) is 6.86. The summed E-state index contributed by atoms with van der Waals surface area (Å²) in [5.74, 6) is 0. The van der Waals surface area contributed by atoms with Gasteiger partial charge in [0.05, 0.1) is 0 Å². The number of hydrogen-bond acceptors (Lipinski definition) is 2. The Bertz CT molecular complexity index is 180. The monoisotopic (exact) mass is 224 g/mol. The van der Waals surface area contributed by atoms with Gasteiger partial charge in [0.15, 0.2) is 0 Å². The van der Waals surface area contributed by atoms with E-state index < -0.39 is 0 Å². The molecule has 0 aromatic carbocycles. The van der Waals surface area contributed by atoms with Gasteiger partial charge in [-0.25, -0.2) is 0 Å². The standard InChI is InChI=1S/C14H28N2/c1-3-4-5-6-8-11-15-13-14-10-7-9-12-16(14)2/h3,14-15H,1,4-13H2,2H3. The van der Waals surface area contributed by atoms with Crippen LogP contribution >= 0.6 is 0 Å². The molecule has 0 amide bonds. The van der Waals surface area contributed by atoms with Crippen LogP contribution in [0.5, 0.6) is 0 Å². The van der Waals surface area contributed by atoms with Crippen LogP contribution in [0.4, 0.5) is 0 Å². The predicted molar refractivity (Wildman–Crippen MR) is 71.8 cm³/mol. The number of nitrogens with one attached hydrogen (secondary N) is 1. The van der Waals surface area contributed by atoms with Gasteiger partial charge in [0.1, 0.15) is 0 Å². The fourth-order valence-electron chi connectivity index (χ4n) is 2.39. The second kappa shape index (κ2) is 8.77. The number of unbranched alkanes of at least 4 members (excludes halogenated alkanes) is 3. The van der Waals surface area contributed by atoms with Gasteiger partial charge in [0.2, 0.25) is 0 Å². The third kappa shape index (κ3) is 5.66. The summed E-state index contributed by atoms with van der Waals surface area (Å²) in [7, 11) is 2.26. The van der Waals surface area contributed by atoms with Gasteiger partial charge < -0.3 is 10.2 Å². The first-order valence-corrected chi connectivity index (χ1v) is 6.86. The van der Waals surface area contributed by atoms with E-state index in [1.807, 2.05) is 6.08 Å². The molecule has 1 unspecified atom stereocenters. The average molecular weight is 224 g/mol. The van der Waals surface area contributed by atoms with Gasteiger partial charge in [-0.1, -0.05) is 18.9 Å². The topological polar surface area (TPSA) is 15.3 Å². The molecule has 0 bridgehead atoms. The number of piperidine rings is 1. The third-order valence-corrected chi connectivity index (χ3v) is 3.56. The molecular formula is C14H28N2. The lowest BCUT2D eigenvalue weighted by molar-refractivity contribution is 0.181. The molecule has 0 radical (unpaired) electrons. The Kier molecular flexibility index (Phi) is 7.52. The molecule has 16 heavy (non-hydrogen) atoms. The summed E-state index contributed by atoms with van der Waals surface area (Å²) in [6.45, 7) is 7.39. The van der Waals surface area contributed by atoms with Crippen molar-refractivity contribution >= 4 is 0 Å². The highest BCUT2D eigenvalue weighted by Crippen LogP contribution is 2.13. The van der Waals surface area contributed by atoms with E-state index in [-0.39, 0.29) is 0 Å². The molecular weight excluding hydrogens is 196 g/mol. The van der Waals surface area contributed by atoms with E-state index in [2.05, 4.69) is 23.8 Å². The maximum absolute atomic E-state index is 3.74. The van der Waals surface area contributed by atoms with Crippen LogP contribution < -0.4 is 5.32 Å². The molecule has 1 heterocycles. The van der Waals surface area contributed by atoms with Gasteiger partial charge in [-0.15, -0.1) is 6.58 Å². The van der Waals surface area contributed by atoms with Gasteiger partial charge >= 0.3 is 0 Å². The SMILES string of the molecule is C=CCCCCCNCC1CCCCN1C. The number of rotatable bonds is 8. The molecule has 2 heteroatoms. The van der Waals surface area contributed by atoms with Gasteiger partial charge in [-0.3, -0.25) is 0 Å². The summed E-state index contributed by atoms with van der Waals surface area (Å²) in [6, 6.07) is 0.780. The van der Waals surface area contributed by atoms with E-state index in [1.54, 1.807) is 0 Å². The third-order valence-electron chi connectivity index (χ3n) is 3.56. The molecule has 1 fully saturated rings. The fourth-order valence-corrected chi connectivity index (χ4v) is 2.39. The van der Waals surface area contributed by atoms with E-state index in [0.717, 1.165) is 6.04 Å². The van der Waals surface area contributed by atoms with Crippen molar-refractivity contribution in [3.8, 4) is 0 Å². The normalized spacial score (nSPS) is 22.2. The van der Waals surface area contributed by atoms with Crippen molar-refractivity contribution in [2.45, 2.75) is 51.0 Å². The zero-order chi connectivity index (χ0) is 11.6. The molecule has 1 saturated heterocycles. The highest BCUT2D eigenvalue weighted by molar-refractivity contribution is 4.76. The molecule has 0 saturated carbocycles. The van der Waals surface area contributed by atoms with E-state index in [1.165, 1.54) is 64.6 Å². The van der Waals surface area contributed by atoms with Crippen LogP contribution in [0.25, 0.3) is 0 Å². The summed E-state index contributed by atoms with van der Waals surface area (Å²) in [4.78, 5) is 2.51. The van der Waals surface area contributed by atoms with Crippen LogP contribution in [0.2, 0.25) is 0 Å².